The number of amides is 1. The predicted molar refractivity (Wildman–Crippen MR) is 132 cm³/mol. The molecule has 0 aliphatic carbocycles. The molecular formula is C26H21F2N3O5S. The van der Waals surface area contributed by atoms with Crippen molar-refractivity contribution >= 4 is 15.9 Å². The molecule has 0 radical (unpaired) electrons. The maximum atomic E-state index is 13.9. The minimum atomic E-state index is -4.54. The predicted octanol–water partition coefficient (Wildman–Crippen LogP) is 4.55. The van der Waals surface area contributed by atoms with E-state index >= 15 is 0 Å². The molecule has 8 nitrogen and oxygen atoms in total. The van der Waals surface area contributed by atoms with Crippen molar-refractivity contribution in [2.45, 2.75) is 25.7 Å². The Morgan fingerprint density at radius 3 is 2.32 bits per heavy atom. The van der Waals surface area contributed by atoms with E-state index < -0.39 is 38.0 Å². The number of aryl methyl sites for hydroxylation is 3. The minimum Gasteiger partial charge on any atom is -0.438 e. The van der Waals surface area contributed by atoms with Gasteiger partial charge in [0.05, 0.1) is 5.69 Å². The number of rotatable bonds is 6. The normalized spacial score (nSPS) is 11.3. The fourth-order valence-corrected chi connectivity index (χ4v) is 4.81. The highest BCUT2D eigenvalue weighted by Gasteiger charge is 2.25. The zero-order valence-electron chi connectivity index (χ0n) is 19.9. The number of nitrogens with one attached hydrogen (secondary N) is 2. The summed E-state index contributed by atoms with van der Waals surface area (Å²) in [5, 5.41) is 0. The number of aromatic amines is 1. The summed E-state index contributed by atoms with van der Waals surface area (Å²) in [6.07, 6.45) is 1.25. The SMILES string of the molecule is Cc1cc(C)c(Oc2nc(-c3ccc(F)c(F)c3)ccc2C(=O)NS(=O)(=O)c2ccc[nH]c2=O)c(C)c1. The summed E-state index contributed by atoms with van der Waals surface area (Å²) in [5.41, 5.74) is 1.62. The monoisotopic (exact) mass is 525 g/mol. The lowest BCUT2D eigenvalue weighted by molar-refractivity contribution is 0.0978. The Hall–Kier alpha value is -4.38. The van der Waals surface area contributed by atoms with Gasteiger partial charge in [0.1, 0.15) is 11.3 Å². The molecule has 0 fully saturated rings. The minimum absolute atomic E-state index is 0.148. The van der Waals surface area contributed by atoms with Crippen molar-refractivity contribution in [3.05, 3.63) is 105 Å². The van der Waals surface area contributed by atoms with E-state index in [9.17, 15) is 26.8 Å². The second-order valence-corrected chi connectivity index (χ2v) is 9.96. The summed E-state index contributed by atoms with van der Waals surface area (Å²) in [4.78, 5) is 31.0. The number of pyridine rings is 2. The lowest BCUT2D eigenvalue weighted by Gasteiger charge is -2.16. The highest BCUT2D eigenvalue weighted by Crippen LogP contribution is 2.33. The molecule has 0 aliphatic rings. The van der Waals surface area contributed by atoms with E-state index in [2.05, 4.69) is 9.97 Å². The number of halogens is 2. The zero-order chi connectivity index (χ0) is 26.9. The number of ether oxygens (including phenoxy) is 1. The van der Waals surface area contributed by atoms with E-state index in [0.29, 0.717) is 5.75 Å². The lowest BCUT2D eigenvalue weighted by atomic mass is 10.1. The Balaban J connectivity index is 1.80. The maximum absolute atomic E-state index is 13.9. The van der Waals surface area contributed by atoms with Gasteiger partial charge in [-0.2, -0.15) is 0 Å². The van der Waals surface area contributed by atoms with Crippen LogP contribution in [0.2, 0.25) is 0 Å². The van der Waals surface area contributed by atoms with Gasteiger partial charge in [-0.25, -0.2) is 26.9 Å². The second-order valence-electron chi connectivity index (χ2n) is 8.31. The number of carbonyl (C=O) groups is 1. The van der Waals surface area contributed by atoms with Crippen molar-refractivity contribution in [2.24, 2.45) is 0 Å². The Bertz CT molecular complexity index is 1680. The fraction of sp³-hybridized carbons (Fsp3) is 0.115. The molecule has 37 heavy (non-hydrogen) atoms. The quantitative estimate of drug-likeness (QED) is 0.381. The van der Waals surface area contributed by atoms with Crippen molar-refractivity contribution in [1.29, 1.82) is 0 Å². The molecule has 0 spiro atoms. The van der Waals surface area contributed by atoms with Gasteiger partial charge in [0.25, 0.3) is 21.5 Å². The Labute approximate surface area is 211 Å². The van der Waals surface area contributed by atoms with Crippen LogP contribution in [0.4, 0.5) is 8.78 Å². The number of hydrogen-bond donors (Lipinski definition) is 2. The molecule has 0 saturated heterocycles. The first-order chi connectivity index (χ1) is 17.5. The molecular weight excluding hydrogens is 504 g/mol. The van der Waals surface area contributed by atoms with Gasteiger partial charge in [-0.3, -0.25) is 9.59 Å². The summed E-state index contributed by atoms with van der Waals surface area (Å²) in [6, 6.07) is 11.8. The van der Waals surface area contributed by atoms with Gasteiger partial charge >= 0.3 is 0 Å². The number of aromatic nitrogens is 2. The Kier molecular flexibility index (Phi) is 6.90. The molecule has 1 amide bonds. The molecule has 0 bridgehead atoms. The summed E-state index contributed by atoms with van der Waals surface area (Å²) < 4.78 is 60.6. The number of sulfonamides is 1. The summed E-state index contributed by atoms with van der Waals surface area (Å²) in [6.45, 7) is 5.49. The Morgan fingerprint density at radius 2 is 1.68 bits per heavy atom. The van der Waals surface area contributed by atoms with Crippen LogP contribution in [0.5, 0.6) is 11.6 Å². The third-order valence-electron chi connectivity index (χ3n) is 5.42. The average Bonchev–Trinajstić information content (AvgIpc) is 2.83. The third-order valence-corrected chi connectivity index (χ3v) is 6.78. The highest BCUT2D eigenvalue weighted by atomic mass is 32.2. The average molecular weight is 526 g/mol. The van der Waals surface area contributed by atoms with E-state index in [-0.39, 0.29) is 22.7 Å². The first kappa shape index (κ1) is 25.7. The van der Waals surface area contributed by atoms with Crippen molar-refractivity contribution in [3.63, 3.8) is 0 Å². The van der Waals surface area contributed by atoms with Crippen LogP contribution >= 0.6 is 0 Å². The third kappa shape index (κ3) is 5.41. The van der Waals surface area contributed by atoms with Gasteiger partial charge in [0.15, 0.2) is 16.5 Å². The molecule has 11 heteroatoms. The van der Waals surface area contributed by atoms with E-state index in [1.807, 2.05) is 23.8 Å². The first-order valence-corrected chi connectivity index (χ1v) is 12.4. The van der Waals surface area contributed by atoms with Gasteiger partial charge in [-0.1, -0.05) is 17.7 Å². The zero-order valence-corrected chi connectivity index (χ0v) is 20.7. The molecule has 0 saturated carbocycles. The van der Waals surface area contributed by atoms with Crippen LogP contribution in [0.1, 0.15) is 27.0 Å². The molecule has 190 valence electrons. The Morgan fingerprint density at radius 1 is 0.973 bits per heavy atom. The van der Waals surface area contributed by atoms with Crippen LogP contribution in [0.3, 0.4) is 0 Å². The topological polar surface area (TPSA) is 118 Å². The number of hydrogen-bond acceptors (Lipinski definition) is 6. The van der Waals surface area contributed by atoms with Gasteiger partial charge in [-0.05, 0) is 74.4 Å². The van der Waals surface area contributed by atoms with E-state index in [1.165, 1.54) is 30.5 Å². The fourth-order valence-electron chi connectivity index (χ4n) is 3.78. The molecule has 0 aliphatic heterocycles. The lowest BCUT2D eigenvalue weighted by Crippen LogP contribution is -2.34. The van der Waals surface area contributed by atoms with Gasteiger partial charge in [-0.15, -0.1) is 0 Å². The first-order valence-electron chi connectivity index (χ1n) is 10.9. The molecule has 2 N–H and O–H groups in total. The highest BCUT2D eigenvalue weighted by molar-refractivity contribution is 7.90. The maximum Gasteiger partial charge on any atom is 0.270 e. The van der Waals surface area contributed by atoms with Crippen LogP contribution < -0.4 is 15.0 Å². The summed E-state index contributed by atoms with van der Waals surface area (Å²) in [7, 11) is -4.54. The van der Waals surface area contributed by atoms with Gasteiger partial charge in [0, 0.05) is 11.8 Å². The molecule has 0 atom stereocenters. The standard InChI is InChI=1S/C26H21F2N3O5S/c1-14-11-15(2)23(16(3)12-14)36-26-18(7-9-21(30-26)17-6-8-19(27)20(28)13-17)24(32)31-37(34,35)22-5-4-10-29-25(22)33/h4-13H,1-3H3,(H,29,33)(H,31,32). The van der Waals surface area contributed by atoms with E-state index in [4.69, 9.17) is 4.74 Å². The van der Waals surface area contributed by atoms with Crippen molar-refractivity contribution in [1.82, 2.24) is 14.7 Å². The number of carbonyl (C=O) groups excluding carboxylic acids is 1. The van der Waals surface area contributed by atoms with E-state index in [0.717, 1.165) is 34.9 Å². The smallest absolute Gasteiger partial charge is 0.270 e. The van der Waals surface area contributed by atoms with Gasteiger partial charge in [0.2, 0.25) is 5.88 Å². The van der Waals surface area contributed by atoms with Crippen LogP contribution in [-0.4, -0.2) is 24.3 Å². The molecule has 4 rings (SSSR count). The number of H-pyrrole nitrogens is 1. The molecule has 2 aromatic heterocycles. The number of nitrogens with zero attached hydrogens (tertiary/aromatic N) is 1. The largest absolute Gasteiger partial charge is 0.438 e. The van der Waals surface area contributed by atoms with Crippen LogP contribution in [0.25, 0.3) is 11.3 Å². The molecule has 4 aromatic rings. The van der Waals surface area contributed by atoms with Crippen LogP contribution in [0, 0.1) is 32.4 Å². The molecule has 2 heterocycles. The summed E-state index contributed by atoms with van der Waals surface area (Å²) >= 11 is 0. The van der Waals surface area contributed by atoms with Crippen LogP contribution in [0.15, 0.2) is 70.5 Å². The van der Waals surface area contributed by atoms with Crippen molar-refractivity contribution in [2.75, 3.05) is 0 Å². The molecule has 2 aromatic carbocycles. The summed E-state index contributed by atoms with van der Waals surface area (Å²) in [5.74, 6) is -3.12. The van der Waals surface area contributed by atoms with Gasteiger partial charge < -0.3 is 9.72 Å². The molecule has 0 unspecified atom stereocenters. The van der Waals surface area contributed by atoms with E-state index in [1.54, 1.807) is 13.8 Å². The number of benzene rings is 2. The second kappa shape index (κ2) is 9.94. The van der Waals surface area contributed by atoms with Crippen molar-refractivity contribution < 1.29 is 26.7 Å². The van der Waals surface area contributed by atoms with Crippen molar-refractivity contribution in [3.8, 4) is 22.9 Å². The van der Waals surface area contributed by atoms with Crippen LogP contribution in [-0.2, 0) is 10.0 Å².